The summed E-state index contributed by atoms with van der Waals surface area (Å²) < 4.78 is 0. The number of hydrogen-bond acceptors (Lipinski definition) is 4. The highest BCUT2D eigenvalue weighted by molar-refractivity contribution is 5.64. The Morgan fingerprint density at radius 3 is 2.71 bits per heavy atom. The number of hydroxylamine groups is 2. The molecule has 0 unspecified atom stereocenters. The molecule has 0 atom stereocenters. The summed E-state index contributed by atoms with van der Waals surface area (Å²) in [6, 6.07) is 0. The topological polar surface area (TPSA) is 67.6 Å². The summed E-state index contributed by atoms with van der Waals surface area (Å²) >= 11 is 0. The number of carbonyl (C=O) groups is 1. The maximum Gasteiger partial charge on any atom is 0.423 e. The lowest BCUT2D eigenvalue weighted by Gasteiger charge is -2.44. The zero-order valence-electron chi connectivity index (χ0n) is 8.88. The minimum absolute atomic E-state index is 0.0900. The van der Waals surface area contributed by atoms with Gasteiger partial charge in [-0.1, -0.05) is 13.8 Å². The first-order chi connectivity index (χ1) is 6.64. The molecule has 1 heterocycles. The molecule has 1 fully saturated rings. The van der Waals surface area contributed by atoms with E-state index in [1.54, 1.807) is 5.06 Å². The van der Waals surface area contributed by atoms with E-state index in [2.05, 4.69) is 19.2 Å². The van der Waals surface area contributed by atoms with Crippen molar-refractivity contribution in [2.24, 2.45) is 5.73 Å². The number of primary amides is 1. The molecule has 1 aliphatic heterocycles. The van der Waals surface area contributed by atoms with Crippen LogP contribution in [-0.4, -0.2) is 36.3 Å². The molecule has 0 aliphatic carbocycles. The molecule has 0 radical (unpaired) electrons. The first-order valence-electron chi connectivity index (χ1n) is 5.10. The molecule has 5 heteroatoms. The van der Waals surface area contributed by atoms with Crippen LogP contribution in [0.25, 0.3) is 0 Å². The third-order valence-corrected chi connectivity index (χ3v) is 2.99. The summed E-state index contributed by atoms with van der Waals surface area (Å²) in [4.78, 5) is 15.7. The quantitative estimate of drug-likeness (QED) is 0.696. The summed E-state index contributed by atoms with van der Waals surface area (Å²) in [7, 11) is 0. The Balaban J connectivity index is 2.71. The van der Waals surface area contributed by atoms with Gasteiger partial charge in [-0.3, -0.25) is 0 Å². The van der Waals surface area contributed by atoms with Crippen LogP contribution in [0.3, 0.4) is 0 Å². The van der Waals surface area contributed by atoms with Gasteiger partial charge in [0.2, 0.25) is 0 Å². The molecule has 5 nitrogen and oxygen atoms in total. The van der Waals surface area contributed by atoms with Gasteiger partial charge in [0.15, 0.2) is 0 Å². The molecule has 14 heavy (non-hydrogen) atoms. The van der Waals surface area contributed by atoms with Crippen LogP contribution in [0.2, 0.25) is 0 Å². The molecule has 0 aromatic heterocycles. The Labute approximate surface area is 84.5 Å². The summed E-state index contributed by atoms with van der Waals surface area (Å²) in [5.74, 6) is 0. The van der Waals surface area contributed by atoms with Gasteiger partial charge in [-0.15, -0.1) is 5.06 Å². The molecular formula is C9H19N3O2. The Morgan fingerprint density at radius 2 is 2.21 bits per heavy atom. The minimum Gasteiger partial charge on any atom is -0.351 e. The SMILES string of the molecule is CCC1(CC)CNCCN1OC(N)=O. The number of hydrogen-bond donors (Lipinski definition) is 2. The van der Waals surface area contributed by atoms with Crippen molar-refractivity contribution in [2.75, 3.05) is 19.6 Å². The van der Waals surface area contributed by atoms with Gasteiger partial charge in [-0.2, -0.15) is 0 Å². The molecule has 82 valence electrons. The lowest BCUT2D eigenvalue weighted by Crippen LogP contribution is -2.61. The number of amides is 1. The van der Waals surface area contributed by atoms with E-state index in [1.165, 1.54) is 0 Å². The van der Waals surface area contributed by atoms with E-state index in [0.717, 1.165) is 25.9 Å². The first kappa shape index (κ1) is 11.3. The van der Waals surface area contributed by atoms with Crippen molar-refractivity contribution in [1.29, 1.82) is 0 Å². The van der Waals surface area contributed by atoms with E-state index in [4.69, 9.17) is 10.6 Å². The van der Waals surface area contributed by atoms with Crippen molar-refractivity contribution in [1.82, 2.24) is 10.4 Å². The maximum atomic E-state index is 10.7. The highest BCUT2D eigenvalue weighted by Crippen LogP contribution is 2.25. The van der Waals surface area contributed by atoms with Crippen LogP contribution < -0.4 is 11.1 Å². The largest absolute Gasteiger partial charge is 0.423 e. The average molecular weight is 201 g/mol. The molecule has 0 spiro atoms. The fraction of sp³-hybridized carbons (Fsp3) is 0.889. The van der Waals surface area contributed by atoms with Crippen molar-refractivity contribution in [3.05, 3.63) is 0 Å². The summed E-state index contributed by atoms with van der Waals surface area (Å²) in [6.07, 6.45) is 1.14. The van der Waals surface area contributed by atoms with Crippen LogP contribution in [0.4, 0.5) is 4.79 Å². The fourth-order valence-electron chi connectivity index (χ4n) is 1.93. The minimum atomic E-state index is -0.724. The third-order valence-electron chi connectivity index (χ3n) is 2.99. The second-order valence-electron chi connectivity index (χ2n) is 3.62. The van der Waals surface area contributed by atoms with E-state index < -0.39 is 6.09 Å². The van der Waals surface area contributed by atoms with Crippen LogP contribution in [-0.2, 0) is 4.84 Å². The van der Waals surface area contributed by atoms with Crippen LogP contribution in [0, 0.1) is 0 Å². The molecule has 0 aromatic carbocycles. The van der Waals surface area contributed by atoms with Gasteiger partial charge in [-0.05, 0) is 12.8 Å². The number of nitrogens with zero attached hydrogens (tertiary/aromatic N) is 1. The number of rotatable bonds is 3. The zero-order chi connectivity index (χ0) is 10.6. The Morgan fingerprint density at radius 1 is 1.57 bits per heavy atom. The lowest BCUT2D eigenvalue weighted by molar-refractivity contribution is -0.184. The maximum absolute atomic E-state index is 10.7. The average Bonchev–Trinajstić information content (AvgIpc) is 2.18. The molecule has 1 aliphatic rings. The van der Waals surface area contributed by atoms with E-state index in [0.29, 0.717) is 6.54 Å². The Hall–Kier alpha value is -0.810. The highest BCUT2D eigenvalue weighted by Gasteiger charge is 2.38. The van der Waals surface area contributed by atoms with E-state index in [-0.39, 0.29) is 5.54 Å². The van der Waals surface area contributed by atoms with Gasteiger partial charge in [0.1, 0.15) is 0 Å². The van der Waals surface area contributed by atoms with Gasteiger partial charge in [0.25, 0.3) is 0 Å². The van der Waals surface area contributed by atoms with Gasteiger partial charge < -0.3 is 15.9 Å². The normalized spacial score (nSPS) is 21.9. The van der Waals surface area contributed by atoms with E-state index >= 15 is 0 Å². The van der Waals surface area contributed by atoms with Crippen LogP contribution in [0.5, 0.6) is 0 Å². The van der Waals surface area contributed by atoms with Gasteiger partial charge in [-0.25, -0.2) is 4.79 Å². The molecule has 1 rings (SSSR count). The number of nitrogens with one attached hydrogen (secondary N) is 1. The van der Waals surface area contributed by atoms with Crippen LogP contribution >= 0.6 is 0 Å². The summed E-state index contributed by atoms with van der Waals surface area (Å²) in [5, 5.41) is 5.03. The van der Waals surface area contributed by atoms with Crippen LogP contribution in [0.1, 0.15) is 26.7 Å². The smallest absolute Gasteiger partial charge is 0.351 e. The van der Waals surface area contributed by atoms with Crippen molar-refractivity contribution >= 4 is 6.09 Å². The van der Waals surface area contributed by atoms with Crippen molar-refractivity contribution in [3.8, 4) is 0 Å². The zero-order valence-corrected chi connectivity index (χ0v) is 8.88. The van der Waals surface area contributed by atoms with Crippen molar-refractivity contribution in [3.63, 3.8) is 0 Å². The second-order valence-corrected chi connectivity index (χ2v) is 3.62. The molecule has 1 amide bonds. The third kappa shape index (κ3) is 2.16. The van der Waals surface area contributed by atoms with Gasteiger partial charge in [0.05, 0.1) is 5.54 Å². The number of nitrogens with two attached hydrogens (primary N) is 1. The molecule has 0 bridgehead atoms. The van der Waals surface area contributed by atoms with E-state index in [9.17, 15) is 4.79 Å². The Bertz CT molecular complexity index is 204. The first-order valence-corrected chi connectivity index (χ1v) is 5.10. The van der Waals surface area contributed by atoms with Crippen molar-refractivity contribution < 1.29 is 9.63 Å². The monoisotopic (exact) mass is 201 g/mol. The molecule has 3 N–H and O–H groups in total. The highest BCUT2D eigenvalue weighted by atomic mass is 16.7. The summed E-state index contributed by atoms with van der Waals surface area (Å²) in [6.45, 7) is 6.55. The van der Waals surface area contributed by atoms with E-state index in [1.807, 2.05) is 0 Å². The number of piperazine rings is 1. The molecule has 0 saturated carbocycles. The Kier molecular flexibility index (Phi) is 3.71. The molecule has 0 aromatic rings. The van der Waals surface area contributed by atoms with Gasteiger partial charge in [0, 0.05) is 19.6 Å². The lowest BCUT2D eigenvalue weighted by atomic mass is 9.90. The van der Waals surface area contributed by atoms with Gasteiger partial charge >= 0.3 is 6.09 Å². The standard InChI is InChI=1S/C9H19N3O2/c1-3-9(4-2)7-11-5-6-12(9)14-8(10)13/h11H,3-7H2,1-2H3,(H2,10,13). The van der Waals surface area contributed by atoms with Crippen LogP contribution in [0.15, 0.2) is 0 Å². The molecular weight excluding hydrogens is 182 g/mol. The molecule has 1 saturated heterocycles. The van der Waals surface area contributed by atoms with Crippen molar-refractivity contribution in [2.45, 2.75) is 32.2 Å². The number of carbonyl (C=O) groups excluding carboxylic acids is 1. The summed E-state index contributed by atoms with van der Waals surface area (Å²) in [5.41, 5.74) is 4.94. The fourth-order valence-corrected chi connectivity index (χ4v) is 1.93. The second kappa shape index (κ2) is 4.61. The predicted molar refractivity (Wildman–Crippen MR) is 53.6 cm³/mol. The predicted octanol–water partition coefficient (Wildman–Crippen LogP) is 0.461.